The van der Waals surface area contributed by atoms with Crippen molar-refractivity contribution in [1.29, 1.82) is 0 Å². The van der Waals surface area contributed by atoms with Crippen molar-refractivity contribution in [2.45, 2.75) is 0 Å². The predicted molar refractivity (Wildman–Crippen MR) is 70.9 cm³/mol. The fourth-order valence-corrected chi connectivity index (χ4v) is 2.11. The summed E-state index contributed by atoms with van der Waals surface area (Å²) < 4.78 is 5.12. The maximum atomic E-state index is 6.06. The van der Waals surface area contributed by atoms with Crippen LogP contribution in [-0.4, -0.2) is 44.9 Å². The molecule has 0 bridgehead atoms. The van der Waals surface area contributed by atoms with Gasteiger partial charge in [0, 0.05) is 31.9 Å². The highest BCUT2D eigenvalue weighted by Gasteiger charge is 2.08. The van der Waals surface area contributed by atoms with Crippen molar-refractivity contribution in [3.8, 4) is 5.75 Å². The first kappa shape index (κ1) is 12.5. The third-order valence-electron chi connectivity index (χ3n) is 2.87. The number of ether oxygens (including phenoxy) is 1. The van der Waals surface area contributed by atoms with Gasteiger partial charge in [-0.3, -0.25) is 4.90 Å². The van der Waals surface area contributed by atoms with E-state index in [2.05, 4.69) is 15.5 Å². The van der Waals surface area contributed by atoms with Gasteiger partial charge in [-0.2, -0.15) is 0 Å². The topological polar surface area (TPSA) is 36.5 Å². The Balaban J connectivity index is 1.87. The molecule has 0 atom stereocenters. The van der Waals surface area contributed by atoms with Gasteiger partial charge >= 0.3 is 0 Å². The van der Waals surface area contributed by atoms with E-state index in [-0.39, 0.29) is 0 Å². The second-order valence-electron chi connectivity index (χ2n) is 4.05. The van der Waals surface area contributed by atoms with Crippen LogP contribution in [0.1, 0.15) is 0 Å². The molecule has 0 radical (unpaired) electrons. The Morgan fingerprint density at radius 1 is 1.41 bits per heavy atom. The summed E-state index contributed by atoms with van der Waals surface area (Å²) in [6.07, 6.45) is 0. The molecule has 1 fully saturated rings. The second-order valence-corrected chi connectivity index (χ2v) is 4.46. The number of halogens is 1. The minimum Gasteiger partial charge on any atom is -0.495 e. The standard InChI is InChI=1S/C12H18ClN3O/c1-17-12-3-2-10(8-11(12)13)15-9-16-6-4-14-5-7-16/h2-3,8,14-15H,4-7,9H2,1H3. The molecule has 0 unspecified atom stereocenters. The van der Waals surface area contributed by atoms with Crippen molar-refractivity contribution in [3.05, 3.63) is 23.2 Å². The average Bonchev–Trinajstić information content (AvgIpc) is 2.38. The van der Waals surface area contributed by atoms with Crippen LogP contribution in [-0.2, 0) is 0 Å². The number of methoxy groups -OCH3 is 1. The number of benzene rings is 1. The number of anilines is 1. The largest absolute Gasteiger partial charge is 0.495 e. The zero-order chi connectivity index (χ0) is 12.1. The number of hydrogen-bond donors (Lipinski definition) is 2. The lowest BCUT2D eigenvalue weighted by Gasteiger charge is -2.27. The van der Waals surface area contributed by atoms with Crippen molar-refractivity contribution in [1.82, 2.24) is 10.2 Å². The molecule has 0 aliphatic carbocycles. The summed E-state index contributed by atoms with van der Waals surface area (Å²) in [6, 6.07) is 5.75. The van der Waals surface area contributed by atoms with Gasteiger partial charge in [-0.15, -0.1) is 0 Å². The number of nitrogens with one attached hydrogen (secondary N) is 2. The first-order valence-corrected chi connectivity index (χ1v) is 6.18. The quantitative estimate of drug-likeness (QED) is 0.858. The maximum absolute atomic E-state index is 6.06. The molecule has 1 heterocycles. The summed E-state index contributed by atoms with van der Waals surface area (Å²) in [5.74, 6) is 0.708. The third-order valence-corrected chi connectivity index (χ3v) is 3.16. The van der Waals surface area contributed by atoms with Crippen molar-refractivity contribution < 1.29 is 4.74 Å². The molecular formula is C12H18ClN3O. The molecule has 1 aliphatic rings. The van der Waals surface area contributed by atoms with Gasteiger partial charge in [-0.25, -0.2) is 0 Å². The van der Waals surface area contributed by atoms with E-state index in [1.54, 1.807) is 7.11 Å². The lowest BCUT2D eigenvalue weighted by atomic mass is 10.3. The first-order valence-electron chi connectivity index (χ1n) is 5.80. The van der Waals surface area contributed by atoms with E-state index in [4.69, 9.17) is 16.3 Å². The van der Waals surface area contributed by atoms with Gasteiger partial charge in [0.2, 0.25) is 0 Å². The summed E-state index contributed by atoms with van der Waals surface area (Å²) >= 11 is 6.06. The van der Waals surface area contributed by atoms with E-state index in [0.717, 1.165) is 38.5 Å². The van der Waals surface area contributed by atoms with Crippen LogP contribution in [0.2, 0.25) is 5.02 Å². The first-order chi connectivity index (χ1) is 8.29. The minimum absolute atomic E-state index is 0.637. The van der Waals surface area contributed by atoms with Crippen LogP contribution in [0.5, 0.6) is 5.75 Å². The minimum atomic E-state index is 0.637. The molecule has 1 aromatic rings. The smallest absolute Gasteiger partial charge is 0.137 e. The number of piperazine rings is 1. The number of nitrogens with zero attached hydrogens (tertiary/aromatic N) is 1. The van der Waals surface area contributed by atoms with Gasteiger partial charge < -0.3 is 15.4 Å². The molecule has 1 aliphatic heterocycles. The number of hydrogen-bond acceptors (Lipinski definition) is 4. The Morgan fingerprint density at radius 3 is 2.82 bits per heavy atom. The molecule has 2 rings (SSSR count). The van der Waals surface area contributed by atoms with E-state index in [1.165, 1.54) is 0 Å². The van der Waals surface area contributed by atoms with Crippen LogP contribution in [0.3, 0.4) is 0 Å². The number of rotatable bonds is 4. The third kappa shape index (κ3) is 3.49. The molecule has 0 amide bonds. The normalized spacial score (nSPS) is 16.8. The Bertz CT molecular complexity index is 367. The molecule has 1 saturated heterocycles. The molecule has 94 valence electrons. The monoisotopic (exact) mass is 255 g/mol. The molecule has 1 aromatic carbocycles. The van der Waals surface area contributed by atoms with Crippen molar-refractivity contribution in [3.63, 3.8) is 0 Å². The highest BCUT2D eigenvalue weighted by molar-refractivity contribution is 6.32. The van der Waals surface area contributed by atoms with Gasteiger partial charge in [0.1, 0.15) is 5.75 Å². The Hall–Kier alpha value is -0.970. The molecule has 0 saturated carbocycles. The van der Waals surface area contributed by atoms with Crippen LogP contribution < -0.4 is 15.4 Å². The SMILES string of the molecule is COc1ccc(NCN2CCNCC2)cc1Cl. The fraction of sp³-hybridized carbons (Fsp3) is 0.500. The van der Waals surface area contributed by atoms with Crippen molar-refractivity contribution >= 4 is 17.3 Å². The highest BCUT2D eigenvalue weighted by atomic mass is 35.5. The summed E-state index contributed by atoms with van der Waals surface area (Å²) in [7, 11) is 1.62. The van der Waals surface area contributed by atoms with Crippen molar-refractivity contribution in [2.24, 2.45) is 0 Å². The highest BCUT2D eigenvalue weighted by Crippen LogP contribution is 2.27. The Morgan fingerprint density at radius 2 is 2.18 bits per heavy atom. The van der Waals surface area contributed by atoms with Gasteiger partial charge in [0.05, 0.1) is 18.8 Å². The Kier molecular flexibility index (Phi) is 4.48. The van der Waals surface area contributed by atoms with E-state index in [9.17, 15) is 0 Å². The van der Waals surface area contributed by atoms with Gasteiger partial charge in [0.15, 0.2) is 0 Å². The van der Waals surface area contributed by atoms with Crippen LogP contribution in [0.15, 0.2) is 18.2 Å². The zero-order valence-electron chi connectivity index (χ0n) is 10.0. The van der Waals surface area contributed by atoms with Crippen LogP contribution in [0, 0.1) is 0 Å². The predicted octanol–water partition coefficient (Wildman–Crippen LogP) is 1.62. The molecule has 0 spiro atoms. The van der Waals surface area contributed by atoms with E-state index in [1.807, 2.05) is 18.2 Å². The zero-order valence-corrected chi connectivity index (χ0v) is 10.8. The summed E-state index contributed by atoms with van der Waals surface area (Å²) in [6.45, 7) is 5.13. The molecule has 4 nitrogen and oxygen atoms in total. The average molecular weight is 256 g/mol. The molecule has 2 N–H and O–H groups in total. The summed E-state index contributed by atoms with van der Waals surface area (Å²) in [4.78, 5) is 2.37. The molecule has 17 heavy (non-hydrogen) atoms. The van der Waals surface area contributed by atoms with E-state index in [0.29, 0.717) is 10.8 Å². The van der Waals surface area contributed by atoms with Gasteiger partial charge in [-0.05, 0) is 18.2 Å². The maximum Gasteiger partial charge on any atom is 0.137 e. The van der Waals surface area contributed by atoms with Crippen LogP contribution in [0.4, 0.5) is 5.69 Å². The molecule has 0 aromatic heterocycles. The lowest BCUT2D eigenvalue weighted by molar-refractivity contribution is 0.256. The summed E-state index contributed by atoms with van der Waals surface area (Å²) in [5.41, 5.74) is 1.02. The van der Waals surface area contributed by atoms with E-state index < -0.39 is 0 Å². The Labute approximate surface area is 107 Å². The van der Waals surface area contributed by atoms with Crippen molar-refractivity contribution in [2.75, 3.05) is 45.3 Å². The van der Waals surface area contributed by atoms with Gasteiger partial charge in [0.25, 0.3) is 0 Å². The molecule has 5 heteroatoms. The second kappa shape index (κ2) is 6.10. The fourth-order valence-electron chi connectivity index (χ4n) is 1.85. The summed E-state index contributed by atoms with van der Waals surface area (Å²) in [5, 5.41) is 7.33. The molecular weight excluding hydrogens is 238 g/mol. The van der Waals surface area contributed by atoms with Gasteiger partial charge in [-0.1, -0.05) is 11.6 Å². The van der Waals surface area contributed by atoms with Crippen LogP contribution in [0.25, 0.3) is 0 Å². The van der Waals surface area contributed by atoms with E-state index >= 15 is 0 Å². The van der Waals surface area contributed by atoms with Crippen LogP contribution >= 0.6 is 11.6 Å². The lowest BCUT2D eigenvalue weighted by Crippen LogP contribution is -2.45.